The SMILES string of the molecule is CN=C(NCc1ccc(OCC(F)(F)F)cc1)N1CC(C)C(C(=O)OC)C1.I. The molecule has 0 spiro atoms. The van der Waals surface area contributed by atoms with Crippen LogP contribution in [0.15, 0.2) is 29.3 Å². The summed E-state index contributed by atoms with van der Waals surface area (Å²) in [5.41, 5.74) is 0.868. The maximum atomic E-state index is 12.2. The number of nitrogens with zero attached hydrogens (tertiary/aromatic N) is 2. The van der Waals surface area contributed by atoms with Crippen molar-refractivity contribution in [1.29, 1.82) is 0 Å². The zero-order chi connectivity index (χ0) is 20.0. The third-order valence-corrected chi connectivity index (χ3v) is 4.40. The number of carbonyl (C=O) groups excluding carboxylic acids is 1. The van der Waals surface area contributed by atoms with Crippen LogP contribution in [0, 0.1) is 11.8 Å². The number of guanidine groups is 1. The van der Waals surface area contributed by atoms with E-state index in [0.717, 1.165) is 5.56 Å². The molecule has 158 valence electrons. The van der Waals surface area contributed by atoms with E-state index in [0.29, 0.717) is 25.6 Å². The lowest BCUT2D eigenvalue weighted by Crippen LogP contribution is -2.40. The first kappa shape index (κ1) is 24.3. The van der Waals surface area contributed by atoms with Crippen LogP contribution in [0.5, 0.6) is 5.75 Å². The van der Waals surface area contributed by atoms with Crippen molar-refractivity contribution >= 4 is 35.9 Å². The van der Waals surface area contributed by atoms with Gasteiger partial charge < -0.3 is 19.7 Å². The number of hydrogen-bond donors (Lipinski definition) is 1. The fourth-order valence-corrected chi connectivity index (χ4v) is 2.98. The highest BCUT2D eigenvalue weighted by molar-refractivity contribution is 14.0. The standard InChI is InChI=1S/C18H24F3N3O3.HI/c1-12-9-24(10-15(12)16(25)26-3)17(22-2)23-8-13-4-6-14(7-5-13)27-11-18(19,20)21;/h4-7,12,15H,8-11H2,1-3H3,(H,22,23);1H. The van der Waals surface area contributed by atoms with Crippen LogP contribution < -0.4 is 10.1 Å². The number of ether oxygens (including phenoxy) is 2. The Kier molecular flexibility index (Phi) is 9.31. The summed E-state index contributed by atoms with van der Waals surface area (Å²) in [5.74, 6) is 0.551. The van der Waals surface area contributed by atoms with Crippen molar-refractivity contribution in [3.8, 4) is 5.75 Å². The maximum absolute atomic E-state index is 12.2. The van der Waals surface area contributed by atoms with Crippen molar-refractivity contribution in [3.63, 3.8) is 0 Å². The molecular formula is C18H25F3IN3O3. The van der Waals surface area contributed by atoms with Crippen molar-refractivity contribution in [2.24, 2.45) is 16.8 Å². The molecule has 2 rings (SSSR count). The highest BCUT2D eigenvalue weighted by atomic mass is 127. The quantitative estimate of drug-likeness (QED) is 0.283. The second-order valence-electron chi connectivity index (χ2n) is 6.46. The van der Waals surface area contributed by atoms with Crippen LogP contribution in [0.3, 0.4) is 0 Å². The normalized spacial score (nSPS) is 19.8. The van der Waals surface area contributed by atoms with Crippen LogP contribution in [-0.2, 0) is 16.1 Å². The molecule has 2 unspecified atom stereocenters. The van der Waals surface area contributed by atoms with Gasteiger partial charge in [-0.15, -0.1) is 24.0 Å². The minimum absolute atomic E-state index is 0. The number of nitrogens with one attached hydrogen (secondary N) is 1. The third kappa shape index (κ3) is 7.02. The maximum Gasteiger partial charge on any atom is 0.422 e. The molecule has 1 N–H and O–H groups in total. The lowest BCUT2D eigenvalue weighted by atomic mass is 9.99. The molecule has 1 fully saturated rings. The van der Waals surface area contributed by atoms with Gasteiger partial charge in [0.15, 0.2) is 12.6 Å². The molecule has 0 radical (unpaired) electrons. The van der Waals surface area contributed by atoms with Gasteiger partial charge in [-0.25, -0.2) is 0 Å². The number of methoxy groups -OCH3 is 1. The van der Waals surface area contributed by atoms with Gasteiger partial charge in [0.2, 0.25) is 0 Å². The zero-order valence-corrected chi connectivity index (χ0v) is 18.3. The van der Waals surface area contributed by atoms with Crippen molar-refractivity contribution in [1.82, 2.24) is 10.2 Å². The van der Waals surface area contributed by atoms with Crippen molar-refractivity contribution in [3.05, 3.63) is 29.8 Å². The van der Waals surface area contributed by atoms with Crippen molar-refractivity contribution < 1.29 is 27.4 Å². The molecule has 2 atom stereocenters. The molecule has 1 heterocycles. The number of carbonyl (C=O) groups is 1. The van der Waals surface area contributed by atoms with Crippen LogP contribution in [-0.4, -0.2) is 56.9 Å². The monoisotopic (exact) mass is 515 g/mol. The first-order valence-corrected chi connectivity index (χ1v) is 8.55. The van der Waals surface area contributed by atoms with Gasteiger partial charge in [-0.1, -0.05) is 19.1 Å². The number of alkyl halides is 3. The molecule has 0 saturated carbocycles. The fourth-order valence-electron chi connectivity index (χ4n) is 2.98. The summed E-state index contributed by atoms with van der Waals surface area (Å²) in [5, 5.41) is 3.20. The second-order valence-corrected chi connectivity index (χ2v) is 6.46. The lowest BCUT2D eigenvalue weighted by molar-refractivity contribution is -0.153. The molecular weight excluding hydrogens is 490 g/mol. The lowest BCUT2D eigenvalue weighted by Gasteiger charge is -2.21. The van der Waals surface area contributed by atoms with Crippen LogP contribution in [0.2, 0.25) is 0 Å². The van der Waals surface area contributed by atoms with Gasteiger partial charge in [-0.05, 0) is 23.6 Å². The smallest absolute Gasteiger partial charge is 0.422 e. The summed E-state index contributed by atoms with van der Waals surface area (Å²) < 4.78 is 46.0. The predicted octanol–water partition coefficient (Wildman–Crippen LogP) is 3.06. The van der Waals surface area contributed by atoms with Crippen molar-refractivity contribution in [2.75, 3.05) is 33.9 Å². The summed E-state index contributed by atoms with van der Waals surface area (Å²) in [6.45, 7) is 2.33. The van der Waals surface area contributed by atoms with Gasteiger partial charge in [0.1, 0.15) is 5.75 Å². The minimum Gasteiger partial charge on any atom is -0.484 e. The summed E-state index contributed by atoms with van der Waals surface area (Å²) in [6, 6.07) is 6.37. The molecule has 1 aliphatic rings. The summed E-state index contributed by atoms with van der Waals surface area (Å²) in [7, 11) is 3.04. The third-order valence-electron chi connectivity index (χ3n) is 4.40. The van der Waals surface area contributed by atoms with E-state index >= 15 is 0 Å². The predicted molar refractivity (Wildman–Crippen MR) is 110 cm³/mol. The number of halogens is 4. The van der Waals surface area contributed by atoms with Crippen molar-refractivity contribution in [2.45, 2.75) is 19.6 Å². The van der Waals surface area contributed by atoms with E-state index in [1.165, 1.54) is 19.2 Å². The van der Waals surface area contributed by atoms with Crippen LogP contribution in [0.1, 0.15) is 12.5 Å². The Labute approximate surface area is 179 Å². The number of likely N-dealkylation sites (tertiary alicyclic amines) is 1. The number of aliphatic imine (C=N–C) groups is 1. The number of rotatable bonds is 5. The molecule has 1 aromatic carbocycles. The average Bonchev–Trinajstić information content (AvgIpc) is 3.01. The Morgan fingerprint density at radius 1 is 1.29 bits per heavy atom. The van der Waals surface area contributed by atoms with E-state index in [1.54, 1.807) is 19.2 Å². The first-order valence-electron chi connectivity index (χ1n) is 8.55. The fraction of sp³-hybridized carbons (Fsp3) is 0.556. The molecule has 1 aliphatic heterocycles. The molecule has 0 aliphatic carbocycles. The van der Waals surface area contributed by atoms with Gasteiger partial charge in [0, 0.05) is 26.7 Å². The van der Waals surface area contributed by atoms with E-state index in [2.05, 4.69) is 15.0 Å². The average molecular weight is 515 g/mol. The first-order chi connectivity index (χ1) is 12.7. The Morgan fingerprint density at radius 3 is 2.46 bits per heavy atom. The van der Waals surface area contributed by atoms with Crippen LogP contribution >= 0.6 is 24.0 Å². The molecule has 10 heteroatoms. The Hall–Kier alpha value is -1.72. The van der Waals surface area contributed by atoms with Gasteiger partial charge in [0.05, 0.1) is 13.0 Å². The number of esters is 1. The number of hydrogen-bond acceptors (Lipinski definition) is 4. The van der Waals surface area contributed by atoms with Gasteiger partial charge >= 0.3 is 12.1 Å². The minimum atomic E-state index is -4.36. The van der Waals surface area contributed by atoms with E-state index in [9.17, 15) is 18.0 Å². The molecule has 6 nitrogen and oxygen atoms in total. The largest absolute Gasteiger partial charge is 0.484 e. The van der Waals surface area contributed by atoms with Gasteiger partial charge in [-0.2, -0.15) is 13.2 Å². The molecule has 0 aromatic heterocycles. The van der Waals surface area contributed by atoms with E-state index < -0.39 is 12.8 Å². The Bertz CT molecular complexity index is 668. The van der Waals surface area contributed by atoms with E-state index in [-0.39, 0.29) is 47.5 Å². The molecule has 0 amide bonds. The second kappa shape index (κ2) is 10.7. The highest BCUT2D eigenvalue weighted by Crippen LogP contribution is 2.24. The van der Waals surface area contributed by atoms with Crippen LogP contribution in [0.25, 0.3) is 0 Å². The Balaban J connectivity index is 0.00000392. The van der Waals surface area contributed by atoms with Gasteiger partial charge in [-0.3, -0.25) is 9.79 Å². The molecule has 1 aromatic rings. The van der Waals surface area contributed by atoms with E-state index in [1.807, 2.05) is 11.8 Å². The van der Waals surface area contributed by atoms with Crippen LogP contribution in [0.4, 0.5) is 13.2 Å². The molecule has 0 bridgehead atoms. The van der Waals surface area contributed by atoms with E-state index in [4.69, 9.17) is 4.74 Å². The summed E-state index contributed by atoms with van der Waals surface area (Å²) >= 11 is 0. The summed E-state index contributed by atoms with van der Waals surface area (Å²) in [6.07, 6.45) is -4.36. The molecule has 28 heavy (non-hydrogen) atoms. The topological polar surface area (TPSA) is 63.2 Å². The zero-order valence-electron chi connectivity index (χ0n) is 16.0. The molecule has 1 saturated heterocycles. The number of benzene rings is 1. The summed E-state index contributed by atoms with van der Waals surface area (Å²) in [4.78, 5) is 18.1. The highest BCUT2D eigenvalue weighted by Gasteiger charge is 2.36. The van der Waals surface area contributed by atoms with Gasteiger partial charge in [0.25, 0.3) is 0 Å². The Morgan fingerprint density at radius 2 is 1.93 bits per heavy atom.